The summed E-state index contributed by atoms with van der Waals surface area (Å²) >= 11 is 1.84. The van der Waals surface area contributed by atoms with E-state index in [2.05, 4.69) is 68.6 Å². The second kappa shape index (κ2) is 6.96. The van der Waals surface area contributed by atoms with Gasteiger partial charge in [-0.15, -0.1) is 0 Å². The van der Waals surface area contributed by atoms with Gasteiger partial charge in [0.2, 0.25) is 0 Å². The lowest BCUT2D eigenvalue weighted by atomic mass is 10.1. The van der Waals surface area contributed by atoms with Gasteiger partial charge < -0.3 is 5.32 Å². The molecule has 2 aromatic carbocycles. The van der Waals surface area contributed by atoms with Crippen molar-refractivity contribution in [3.8, 4) is 0 Å². The van der Waals surface area contributed by atoms with Crippen LogP contribution in [0.2, 0.25) is 0 Å². The van der Waals surface area contributed by atoms with E-state index in [0.717, 1.165) is 6.42 Å². The highest BCUT2D eigenvalue weighted by molar-refractivity contribution is 7.99. The highest BCUT2D eigenvalue weighted by Crippen LogP contribution is 2.31. The molecule has 2 rings (SSSR count). The summed E-state index contributed by atoms with van der Waals surface area (Å²) in [6.07, 6.45) is 1.11. The monoisotopic (exact) mass is 285 g/mol. The van der Waals surface area contributed by atoms with Crippen molar-refractivity contribution in [2.45, 2.75) is 43.0 Å². The Morgan fingerprint density at radius 3 is 2.35 bits per heavy atom. The summed E-state index contributed by atoms with van der Waals surface area (Å²) in [5, 5.41) is 3.35. The molecule has 2 aromatic rings. The summed E-state index contributed by atoms with van der Waals surface area (Å²) in [5.41, 5.74) is 4.02. The fourth-order valence-electron chi connectivity index (χ4n) is 2.32. The molecule has 1 atom stereocenters. The third-order valence-electron chi connectivity index (χ3n) is 3.61. The molecule has 20 heavy (non-hydrogen) atoms. The molecule has 0 fully saturated rings. The molecule has 106 valence electrons. The van der Waals surface area contributed by atoms with Crippen molar-refractivity contribution in [2.24, 2.45) is 0 Å². The van der Waals surface area contributed by atoms with Gasteiger partial charge in [-0.3, -0.25) is 0 Å². The normalized spacial score (nSPS) is 12.4. The summed E-state index contributed by atoms with van der Waals surface area (Å²) in [5.74, 6) is 0. The molecule has 0 bridgehead atoms. The van der Waals surface area contributed by atoms with Crippen LogP contribution in [0.4, 0.5) is 0 Å². The zero-order valence-corrected chi connectivity index (χ0v) is 13.6. The van der Waals surface area contributed by atoms with Gasteiger partial charge in [0, 0.05) is 15.8 Å². The maximum absolute atomic E-state index is 3.35. The van der Waals surface area contributed by atoms with Gasteiger partial charge >= 0.3 is 0 Å². The van der Waals surface area contributed by atoms with Crippen LogP contribution in [0.15, 0.2) is 52.3 Å². The molecule has 0 radical (unpaired) electrons. The molecular weight excluding hydrogens is 262 g/mol. The minimum Gasteiger partial charge on any atom is -0.313 e. The zero-order valence-electron chi connectivity index (χ0n) is 12.7. The second-order valence-corrected chi connectivity index (χ2v) is 6.30. The number of hydrogen-bond acceptors (Lipinski definition) is 2. The molecule has 0 spiro atoms. The van der Waals surface area contributed by atoms with Crippen molar-refractivity contribution < 1.29 is 0 Å². The van der Waals surface area contributed by atoms with Gasteiger partial charge in [-0.2, -0.15) is 0 Å². The van der Waals surface area contributed by atoms with E-state index in [1.54, 1.807) is 0 Å². The van der Waals surface area contributed by atoms with E-state index in [1.165, 1.54) is 26.5 Å². The Hall–Kier alpha value is -1.25. The molecule has 1 unspecified atom stereocenters. The van der Waals surface area contributed by atoms with Crippen LogP contribution in [0, 0.1) is 13.8 Å². The Morgan fingerprint density at radius 1 is 1.05 bits per heavy atom. The van der Waals surface area contributed by atoms with Crippen LogP contribution >= 0.6 is 11.8 Å². The highest BCUT2D eigenvalue weighted by Gasteiger charge is 2.07. The number of aryl methyl sites for hydroxylation is 2. The molecular formula is C18H23NS. The van der Waals surface area contributed by atoms with Gasteiger partial charge in [0.05, 0.1) is 0 Å². The maximum atomic E-state index is 3.35. The van der Waals surface area contributed by atoms with Crippen LogP contribution in [0.1, 0.15) is 36.1 Å². The summed E-state index contributed by atoms with van der Waals surface area (Å²) in [7, 11) is 2.02. The number of hydrogen-bond donors (Lipinski definition) is 1. The summed E-state index contributed by atoms with van der Waals surface area (Å²) in [6, 6.07) is 16.0. The highest BCUT2D eigenvalue weighted by atomic mass is 32.2. The van der Waals surface area contributed by atoms with E-state index in [4.69, 9.17) is 0 Å². The van der Waals surface area contributed by atoms with Crippen LogP contribution in [0.3, 0.4) is 0 Å². The molecule has 0 aliphatic heterocycles. The quantitative estimate of drug-likeness (QED) is 0.817. The predicted octanol–water partition coefficient (Wildman–Crippen LogP) is 5.13. The number of rotatable bonds is 5. The van der Waals surface area contributed by atoms with Crippen LogP contribution in [-0.2, 0) is 0 Å². The third kappa shape index (κ3) is 3.65. The first-order valence-corrected chi connectivity index (χ1v) is 7.98. The van der Waals surface area contributed by atoms with E-state index >= 15 is 0 Å². The molecule has 0 heterocycles. The van der Waals surface area contributed by atoms with E-state index < -0.39 is 0 Å². The Balaban J connectivity index is 2.16. The van der Waals surface area contributed by atoms with Crippen molar-refractivity contribution in [1.29, 1.82) is 0 Å². The van der Waals surface area contributed by atoms with Gasteiger partial charge in [0.15, 0.2) is 0 Å². The molecule has 0 saturated heterocycles. The van der Waals surface area contributed by atoms with E-state index in [1.807, 2.05) is 18.8 Å². The Labute approximate surface area is 126 Å². The Kier molecular flexibility index (Phi) is 5.27. The molecule has 0 saturated carbocycles. The summed E-state index contributed by atoms with van der Waals surface area (Å²) in [6.45, 7) is 6.52. The van der Waals surface area contributed by atoms with Gasteiger partial charge in [-0.25, -0.2) is 0 Å². The van der Waals surface area contributed by atoms with Crippen LogP contribution in [-0.4, -0.2) is 7.05 Å². The standard InChI is InChI=1S/C18H23NS/c1-5-17(19-4)15-8-10-16(11-9-15)20-18-12-13(2)6-7-14(18)3/h6-12,17,19H,5H2,1-4H3. The van der Waals surface area contributed by atoms with E-state index in [9.17, 15) is 0 Å². The van der Waals surface area contributed by atoms with Crippen molar-refractivity contribution in [1.82, 2.24) is 5.32 Å². The zero-order chi connectivity index (χ0) is 14.5. The van der Waals surface area contributed by atoms with Crippen molar-refractivity contribution in [3.63, 3.8) is 0 Å². The Bertz CT molecular complexity index is 556. The van der Waals surface area contributed by atoms with Crippen molar-refractivity contribution >= 4 is 11.8 Å². The van der Waals surface area contributed by atoms with Crippen molar-refractivity contribution in [2.75, 3.05) is 7.05 Å². The summed E-state index contributed by atoms with van der Waals surface area (Å²) in [4.78, 5) is 2.65. The SMILES string of the molecule is CCC(NC)c1ccc(Sc2cc(C)ccc2C)cc1. The minimum atomic E-state index is 0.453. The number of benzene rings is 2. The average molecular weight is 285 g/mol. The fourth-order valence-corrected chi connectivity index (χ4v) is 3.32. The van der Waals surface area contributed by atoms with Crippen LogP contribution in [0.5, 0.6) is 0 Å². The average Bonchev–Trinajstić information content (AvgIpc) is 2.46. The number of nitrogens with one attached hydrogen (secondary N) is 1. The molecule has 0 amide bonds. The fraction of sp³-hybridized carbons (Fsp3) is 0.333. The lowest BCUT2D eigenvalue weighted by Crippen LogP contribution is -2.14. The van der Waals surface area contributed by atoms with Gasteiger partial charge in [-0.1, -0.05) is 43.0 Å². The topological polar surface area (TPSA) is 12.0 Å². The molecule has 1 nitrogen and oxygen atoms in total. The minimum absolute atomic E-state index is 0.453. The third-order valence-corrected chi connectivity index (χ3v) is 4.78. The van der Waals surface area contributed by atoms with Gasteiger partial charge in [0.25, 0.3) is 0 Å². The Morgan fingerprint density at radius 2 is 1.75 bits per heavy atom. The molecule has 2 heteroatoms. The van der Waals surface area contributed by atoms with E-state index in [-0.39, 0.29) is 0 Å². The first-order chi connectivity index (χ1) is 9.63. The lowest BCUT2D eigenvalue weighted by molar-refractivity contribution is 0.576. The smallest absolute Gasteiger partial charge is 0.0314 e. The maximum Gasteiger partial charge on any atom is 0.0314 e. The molecule has 0 aromatic heterocycles. The summed E-state index contributed by atoms with van der Waals surface area (Å²) < 4.78 is 0. The second-order valence-electron chi connectivity index (χ2n) is 5.19. The van der Waals surface area contributed by atoms with E-state index in [0.29, 0.717) is 6.04 Å². The first-order valence-electron chi connectivity index (χ1n) is 7.16. The lowest BCUT2D eigenvalue weighted by Gasteiger charge is -2.14. The largest absolute Gasteiger partial charge is 0.313 e. The molecule has 0 aliphatic carbocycles. The molecule has 0 aliphatic rings. The van der Waals surface area contributed by atoms with Crippen LogP contribution < -0.4 is 5.32 Å². The predicted molar refractivity (Wildman–Crippen MR) is 88.6 cm³/mol. The van der Waals surface area contributed by atoms with Crippen molar-refractivity contribution in [3.05, 3.63) is 59.2 Å². The first kappa shape index (κ1) is 15.1. The van der Waals surface area contributed by atoms with Crippen LogP contribution in [0.25, 0.3) is 0 Å². The van der Waals surface area contributed by atoms with Gasteiger partial charge in [0.1, 0.15) is 0 Å². The molecule has 1 N–H and O–H groups in total. The van der Waals surface area contributed by atoms with Gasteiger partial charge in [-0.05, 0) is 62.2 Å².